The Balaban J connectivity index is 2.38. The van der Waals surface area contributed by atoms with Crippen molar-refractivity contribution in [3.8, 4) is 11.4 Å². The summed E-state index contributed by atoms with van der Waals surface area (Å²) in [5.74, 6) is 1.60. The lowest BCUT2D eigenvalue weighted by atomic mass is 9.80. The minimum absolute atomic E-state index is 0.461. The van der Waals surface area contributed by atoms with Crippen molar-refractivity contribution in [1.82, 2.24) is 14.8 Å². The predicted molar refractivity (Wildman–Crippen MR) is 61.0 cm³/mol. The molecule has 1 aromatic carbocycles. The second kappa shape index (κ2) is 4.07. The third-order valence-electron chi connectivity index (χ3n) is 2.56. The van der Waals surface area contributed by atoms with Crippen LogP contribution in [0.1, 0.15) is 5.82 Å². The second-order valence-corrected chi connectivity index (χ2v) is 3.63. The van der Waals surface area contributed by atoms with Gasteiger partial charge in [0.25, 0.3) is 0 Å². The first-order chi connectivity index (χ1) is 7.59. The van der Waals surface area contributed by atoms with E-state index in [0.29, 0.717) is 5.46 Å². The molecule has 0 aliphatic carbocycles. The van der Waals surface area contributed by atoms with Gasteiger partial charge in [0.15, 0.2) is 5.82 Å². The van der Waals surface area contributed by atoms with E-state index in [-0.39, 0.29) is 0 Å². The van der Waals surface area contributed by atoms with E-state index in [1.54, 1.807) is 24.3 Å². The van der Waals surface area contributed by atoms with Gasteiger partial charge in [-0.2, -0.15) is 0 Å². The van der Waals surface area contributed by atoms with Crippen molar-refractivity contribution in [2.75, 3.05) is 0 Å². The van der Waals surface area contributed by atoms with Crippen LogP contribution in [-0.4, -0.2) is 31.9 Å². The molecular formula is C10H12BN3O2. The number of aromatic nitrogens is 3. The van der Waals surface area contributed by atoms with Crippen LogP contribution >= 0.6 is 0 Å². The summed E-state index contributed by atoms with van der Waals surface area (Å²) < 4.78 is 1.88. The van der Waals surface area contributed by atoms with Gasteiger partial charge in [-0.25, -0.2) is 0 Å². The molecule has 0 fully saturated rings. The van der Waals surface area contributed by atoms with E-state index in [4.69, 9.17) is 10.0 Å². The lowest BCUT2D eigenvalue weighted by molar-refractivity contribution is 0.426. The summed E-state index contributed by atoms with van der Waals surface area (Å²) in [7, 11) is 0.453. The summed E-state index contributed by atoms with van der Waals surface area (Å²) in [6.45, 7) is 1.88. The minimum Gasteiger partial charge on any atom is -0.423 e. The Morgan fingerprint density at radius 2 is 1.75 bits per heavy atom. The standard InChI is InChI=1S/C10H12BN3O2/c1-7-12-13-10(14(7)2)8-3-5-9(6-4-8)11(15)16/h3-6,15-16H,1-2H3. The predicted octanol–water partition coefficient (Wildman–Crippen LogP) is -0.530. The molecule has 0 unspecified atom stereocenters. The van der Waals surface area contributed by atoms with Crippen molar-refractivity contribution in [1.29, 1.82) is 0 Å². The van der Waals surface area contributed by atoms with Gasteiger partial charge >= 0.3 is 7.12 Å². The van der Waals surface area contributed by atoms with E-state index in [2.05, 4.69) is 10.2 Å². The van der Waals surface area contributed by atoms with Crippen molar-refractivity contribution in [3.05, 3.63) is 30.1 Å². The Bertz CT molecular complexity index is 493. The maximum atomic E-state index is 8.97. The lowest BCUT2D eigenvalue weighted by Gasteiger charge is -2.03. The molecule has 1 heterocycles. The van der Waals surface area contributed by atoms with Crippen LogP contribution in [0.2, 0.25) is 0 Å². The van der Waals surface area contributed by atoms with Gasteiger partial charge in [-0.1, -0.05) is 24.3 Å². The summed E-state index contributed by atoms with van der Waals surface area (Å²) in [6.07, 6.45) is 0. The van der Waals surface area contributed by atoms with Gasteiger partial charge in [0.05, 0.1) is 0 Å². The highest BCUT2D eigenvalue weighted by molar-refractivity contribution is 6.58. The summed E-state index contributed by atoms with van der Waals surface area (Å²) in [4.78, 5) is 0. The number of benzene rings is 1. The molecule has 82 valence electrons. The molecule has 2 N–H and O–H groups in total. The molecule has 0 bridgehead atoms. The Kier molecular flexibility index (Phi) is 2.76. The molecule has 0 amide bonds. The van der Waals surface area contributed by atoms with Gasteiger partial charge in [0.1, 0.15) is 5.82 Å². The Morgan fingerprint density at radius 3 is 2.19 bits per heavy atom. The van der Waals surface area contributed by atoms with Crippen LogP contribution in [0.4, 0.5) is 0 Å². The molecule has 5 nitrogen and oxygen atoms in total. The Labute approximate surface area is 93.5 Å². The molecular weight excluding hydrogens is 205 g/mol. The molecule has 0 aliphatic rings. The molecule has 1 aromatic heterocycles. The molecule has 0 radical (unpaired) electrons. The number of aryl methyl sites for hydroxylation is 1. The molecule has 0 spiro atoms. The smallest absolute Gasteiger partial charge is 0.423 e. The fourth-order valence-corrected chi connectivity index (χ4v) is 1.46. The van der Waals surface area contributed by atoms with Crippen LogP contribution in [0, 0.1) is 6.92 Å². The molecule has 2 rings (SSSR count). The fourth-order valence-electron chi connectivity index (χ4n) is 1.46. The molecule has 16 heavy (non-hydrogen) atoms. The molecule has 6 heteroatoms. The summed E-state index contributed by atoms with van der Waals surface area (Å²) in [5, 5.41) is 25.9. The highest BCUT2D eigenvalue weighted by Gasteiger charge is 2.12. The summed E-state index contributed by atoms with van der Waals surface area (Å²) in [6, 6.07) is 6.89. The van der Waals surface area contributed by atoms with Gasteiger partial charge < -0.3 is 14.6 Å². The number of hydrogen-bond acceptors (Lipinski definition) is 4. The highest BCUT2D eigenvalue weighted by Crippen LogP contribution is 2.15. The van der Waals surface area contributed by atoms with Crippen molar-refractivity contribution in [2.24, 2.45) is 7.05 Å². The molecule has 2 aromatic rings. The van der Waals surface area contributed by atoms with E-state index in [1.807, 2.05) is 18.5 Å². The van der Waals surface area contributed by atoms with Crippen LogP contribution in [0.3, 0.4) is 0 Å². The van der Waals surface area contributed by atoms with Crippen LogP contribution in [-0.2, 0) is 7.05 Å². The van der Waals surface area contributed by atoms with Crippen molar-refractivity contribution >= 4 is 12.6 Å². The average Bonchev–Trinajstić information content (AvgIpc) is 2.60. The fraction of sp³-hybridized carbons (Fsp3) is 0.200. The van der Waals surface area contributed by atoms with Gasteiger partial charge in [0.2, 0.25) is 0 Å². The Morgan fingerprint density at radius 1 is 1.12 bits per heavy atom. The van der Waals surface area contributed by atoms with Gasteiger partial charge in [0, 0.05) is 12.6 Å². The Hall–Kier alpha value is -1.66. The molecule has 0 atom stereocenters. The zero-order valence-electron chi connectivity index (χ0n) is 9.12. The third kappa shape index (κ3) is 1.85. The maximum Gasteiger partial charge on any atom is 0.488 e. The maximum absolute atomic E-state index is 8.97. The number of hydrogen-bond donors (Lipinski definition) is 2. The van der Waals surface area contributed by atoms with Crippen molar-refractivity contribution in [3.63, 3.8) is 0 Å². The topological polar surface area (TPSA) is 71.2 Å². The average molecular weight is 217 g/mol. The lowest BCUT2D eigenvalue weighted by Crippen LogP contribution is -2.29. The quantitative estimate of drug-likeness (QED) is 0.663. The van der Waals surface area contributed by atoms with E-state index in [9.17, 15) is 0 Å². The monoisotopic (exact) mass is 217 g/mol. The van der Waals surface area contributed by atoms with Crippen molar-refractivity contribution < 1.29 is 10.0 Å². The zero-order valence-corrected chi connectivity index (χ0v) is 9.12. The number of nitrogens with zero attached hydrogens (tertiary/aromatic N) is 3. The first-order valence-corrected chi connectivity index (χ1v) is 4.92. The highest BCUT2D eigenvalue weighted by atomic mass is 16.4. The van der Waals surface area contributed by atoms with E-state index >= 15 is 0 Å². The van der Waals surface area contributed by atoms with Crippen LogP contribution in [0.5, 0.6) is 0 Å². The first kappa shape index (κ1) is 10.8. The molecule has 0 aliphatic heterocycles. The number of rotatable bonds is 2. The minimum atomic E-state index is -1.43. The third-order valence-corrected chi connectivity index (χ3v) is 2.56. The van der Waals surface area contributed by atoms with E-state index < -0.39 is 7.12 Å². The second-order valence-electron chi connectivity index (χ2n) is 3.63. The first-order valence-electron chi connectivity index (χ1n) is 4.92. The largest absolute Gasteiger partial charge is 0.488 e. The van der Waals surface area contributed by atoms with Crippen molar-refractivity contribution in [2.45, 2.75) is 6.92 Å². The van der Waals surface area contributed by atoms with E-state index in [0.717, 1.165) is 17.2 Å². The zero-order chi connectivity index (χ0) is 11.7. The SMILES string of the molecule is Cc1nnc(-c2ccc(B(O)O)cc2)n1C. The van der Waals surface area contributed by atoms with E-state index in [1.165, 1.54) is 0 Å². The van der Waals surface area contributed by atoms with Gasteiger partial charge in [-0.15, -0.1) is 10.2 Å². The van der Waals surface area contributed by atoms with Crippen LogP contribution < -0.4 is 5.46 Å². The van der Waals surface area contributed by atoms with Crippen LogP contribution in [0.15, 0.2) is 24.3 Å². The van der Waals surface area contributed by atoms with Gasteiger partial charge in [-0.05, 0) is 12.4 Å². The normalized spacial score (nSPS) is 10.5. The summed E-state index contributed by atoms with van der Waals surface area (Å²) in [5.41, 5.74) is 1.36. The summed E-state index contributed by atoms with van der Waals surface area (Å²) >= 11 is 0. The van der Waals surface area contributed by atoms with Crippen LogP contribution in [0.25, 0.3) is 11.4 Å². The van der Waals surface area contributed by atoms with Gasteiger partial charge in [-0.3, -0.25) is 0 Å². The molecule has 0 saturated carbocycles. The molecule has 0 saturated heterocycles.